The number of aromatic nitrogens is 2. The van der Waals surface area contributed by atoms with Crippen molar-refractivity contribution in [1.29, 1.82) is 0 Å². The molecule has 5 heteroatoms. The molecule has 0 saturated carbocycles. The molecular weight excluding hydrogens is 208 g/mol. The predicted molar refractivity (Wildman–Crippen MR) is 59.5 cm³/mol. The van der Waals surface area contributed by atoms with Gasteiger partial charge in [0.1, 0.15) is 11.3 Å². The van der Waals surface area contributed by atoms with Gasteiger partial charge in [0.25, 0.3) is 0 Å². The van der Waals surface area contributed by atoms with Crippen LogP contribution >= 0.6 is 0 Å². The standard InChI is InChI=1S/C11H18N2O3/c1-7(2)11(3,14)9-10(16-5)13-8(15-4)6-12-9/h6-7,14H,1-5H3. The van der Waals surface area contributed by atoms with Crippen molar-refractivity contribution in [1.82, 2.24) is 9.97 Å². The molecule has 1 atom stereocenters. The van der Waals surface area contributed by atoms with Crippen LogP contribution in [0.1, 0.15) is 26.5 Å². The van der Waals surface area contributed by atoms with Crippen molar-refractivity contribution < 1.29 is 14.6 Å². The van der Waals surface area contributed by atoms with Gasteiger partial charge in [-0.2, -0.15) is 4.98 Å². The van der Waals surface area contributed by atoms with Crippen molar-refractivity contribution in [2.45, 2.75) is 26.4 Å². The first-order chi connectivity index (χ1) is 7.43. The summed E-state index contributed by atoms with van der Waals surface area (Å²) in [5, 5.41) is 10.3. The Kier molecular flexibility index (Phi) is 3.70. The van der Waals surface area contributed by atoms with Gasteiger partial charge in [0.2, 0.25) is 11.8 Å². The number of nitrogens with zero attached hydrogens (tertiary/aromatic N) is 2. The molecular formula is C11H18N2O3. The van der Waals surface area contributed by atoms with E-state index in [2.05, 4.69) is 9.97 Å². The van der Waals surface area contributed by atoms with E-state index in [0.29, 0.717) is 11.6 Å². The number of aliphatic hydroxyl groups is 1. The minimum absolute atomic E-state index is 0.00379. The Morgan fingerprint density at radius 3 is 2.38 bits per heavy atom. The van der Waals surface area contributed by atoms with E-state index in [1.165, 1.54) is 20.4 Å². The third kappa shape index (κ3) is 2.24. The van der Waals surface area contributed by atoms with E-state index < -0.39 is 5.60 Å². The molecule has 1 heterocycles. The zero-order valence-corrected chi connectivity index (χ0v) is 10.3. The van der Waals surface area contributed by atoms with Crippen molar-refractivity contribution in [3.05, 3.63) is 11.9 Å². The Hall–Kier alpha value is -1.36. The molecule has 0 saturated heterocycles. The Morgan fingerprint density at radius 2 is 1.94 bits per heavy atom. The van der Waals surface area contributed by atoms with Crippen LogP contribution in [0.5, 0.6) is 11.8 Å². The largest absolute Gasteiger partial charge is 0.480 e. The van der Waals surface area contributed by atoms with Crippen LogP contribution in [0.4, 0.5) is 0 Å². The van der Waals surface area contributed by atoms with Crippen molar-refractivity contribution in [2.75, 3.05) is 14.2 Å². The predicted octanol–water partition coefficient (Wildman–Crippen LogP) is 1.36. The lowest BCUT2D eigenvalue weighted by atomic mass is 9.89. The summed E-state index contributed by atoms with van der Waals surface area (Å²) in [6.07, 6.45) is 1.47. The van der Waals surface area contributed by atoms with E-state index in [9.17, 15) is 5.11 Å². The van der Waals surface area contributed by atoms with E-state index >= 15 is 0 Å². The van der Waals surface area contributed by atoms with Crippen molar-refractivity contribution >= 4 is 0 Å². The summed E-state index contributed by atoms with van der Waals surface area (Å²) < 4.78 is 10.1. The first-order valence-electron chi connectivity index (χ1n) is 5.11. The van der Waals surface area contributed by atoms with Crippen molar-refractivity contribution in [3.63, 3.8) is 0 Å². The summed E-state index contributed by atoms with van der Waals surface area (Å²) in [4.78, 5) is 8.24. The second kappa shape index (κ2) is 4.65. The minimum atomic E-state index is -1.08. The van der Waals surface area contributed by atoms with E-state index in [4.69, 9.17) is 9.47 Å². The molecule has 1 aromatic rings. The maximum Gasteiger partial charge on any atom is 0.241 e. The molecule has 16 heavy (non-hydrogen) atoms. The van der Waals surface area contributed by atoms with Gasteiger partial charge in [0, 0.05) is 0 Å². The van der Waals surface area contributed by atoms with Crippen LogP contribution in [-0.2, 0) is 5.60 Å². The highest BCUT2D eigenvalue weighted by atomic mass is 16.5. The summed E-state index contributed by atoms with van der Waals surface area (Å²) in [6.45, 7) is 5.51. The third-order valence-electron chi connectivity index (χ3n) is 2.72. The van der Waals surface area contributed by atoms with Gasteiger partial charge in [-0.05, 0) is 12.8 Å². The fourth-order valence-electron chi connectivity index (χ4n) is 1.22. The van der Waals surface area contributed by atoms with Gasteiger partial charge < -0.3 is 14.6 Å². The molecule has 0 bridgehead atoms. The quantitative estimate of drug-likeness (QED) is 0.839. The summed E-state index contributed by atoms with van der Waals surface area (Å²) in [5.41, 5.74) is -0.657. The normalized spacial score (nSPS) is 14.7. The molecule has 1 rings (SSSR count). The van der Waals surface area contributed by atoms with Crippen LogP contribution in [0.3, 0.4) is 0 Å². The number of hydrogen-bond donors (Lipinski definition) is 1. The van der Waals surface area contributed by atoms with E-state index in [1.54, 1.807) is 6.92 Å². The maximum absolute atomic E-state index is 10.3. The fourth-order valence-corrected chi connectivity index (χ4v) is 1.22. The number of methoxy groups -OCH3 is 2. The number of rotatable bonds is 4. The second-order valence-electron chi connectivity index (χ2n) is 4.07. The van der Waals surface area contributed by atoms with E-state index in [1.807, 2.05) is 13.8 Å². The van der Waals surface area contributed by atoms with Crippen LogP contribution < -0.4 is 9.47 Å². The lowest BCUT2D eigenvalue weighted by molar-refractivity contribution is 0.00187. The van der Waals surface area contributed by atoms with Crippen LogP contribution in [0.15, 0.2) is 6.20 Å². The van der Waals surface area contributed by atoms with E-state index in [0.717, 1.165) is 0 Å². The average Bonchev–Trinajstić information content (AvgIpc) is 2.27. The average molecular weight is 226 g/mol. The van der Waals surface area contributed by atoms with Gasteiger partial charge in [-0.25, -0.2) is 4.98 Å². The molecule has 0 aliphatic heterocycles. The minimum Gasteiger partial charge on any atom is -0.480 e. The molecule has 0 aliphatic rings. The Balaban J connectivity index is 3.23. The van der Waals surface area contributed by atoms with E-state index in [-0.39, 0.29) is 11.8 Å². The maximum atomic E-state index is 10.3. The third-order valence-corrected chi connectivity index (χ3v) is 2.72. The molecule has 0 spiro atoms. The molecule has 5 nitrogen and oxygen atoms in total. The first-order valence-corrected chi connectivity index (χ1v) is 5.11. The molecule has 1 aromatic heterocycles. The number of ether oxygens (including phenoxy) is 2. The lowest BCUT2D eigenvalue weighted by Crippen LogP contribution is -2.30. The first kappa shape index (κ1) is 12.7. The Labute approximate surface area is 95.4 Å². The van der Waals surface area contributed by atoms with Gasteiger partial charge in [0.15, 0.2) is 0 Å². The fraction of sp³-hybridized carbons (Fsp3) is 0.636. The molecule has 90 valence electrons. The topological polar surface area (TPSA) is 64.5 Å². The van der Waals surface area contributed by atoms with Crippen molar-refractivity contribution in [2.24, 2.45) is 5.92 Å². The van der Waals surface area contributed by atoms with Crippen molar-refractivity contribution in [3.8, 4) is 11.8 Å². The summed E-state index contributed by atoms with van der Waals surface area (Å²) in [5.74, 6) is 0.655. The lowest BCUT2D eigenvalue weighted by Gasteiger charge is -2.27. The molecule has 0 radical (unpaired) electrons. The molecule has 0 aromatic carbocycles. The Bertz CT molecular complexity index is 364. The zero-order valence-electron chi connectivity index (χ0n) is 10.3. The SMILES string of the molecule is COc1cnc(C(C)(O)C(C)C)c(OC)n1. The highest BCUT2D eigenvalue weighted by molar-refractivity contribution is 5.27. The van der Waals surface area contributed by atoms with Crippen LogP contribution in [0, 0.1) is 5.92 Å². The smallest absolute Gasteiger partial charge is 0.241 e. The summed E-state index contributed by atoms with van der Waals surface area (Å²) >= 11 is 0. The second-order valence-corrected chi connectivity index (χ2v) is 4.07. The molecule has 0 aliphatic carbocycles. The van der Waals surface area contributed by atoms with Gasteiger partial charge in [-0.15, -0.1) is 0 Å². The van der Waals surface area contributed by atoms with Crippen LogP contribution in [0.2, 0.25) is 0 Å². The zero-order chi connectivity index (χ0) is 12.3. The Morgan fingerprint density at radius 1 is 1.31 bits per heavy atom. The number of hydrogen-bond acceptors (Lipinski definition) is 5. The molecule has 1 N–H and O–H groups in total. The van der Waals surface area contributed by atoms with Gasteiger partial charge in [-0.3, -0.25) is 0 Å². The van der Waals surface area contributed by atoms with Crippen LogP contribution in [-0.4, -0.2) is 29.3 Å². The summed E-state index contributed by atoms with van der Waals surface area (Å²) in [7, 11) is 2.99. The van der Waals surface area contributed by atoms with Crippen LogP contribution in [0.25, 0.3) is 0 Å². The molecule has 1 unspecified atom stereocenters. The molecule has 0 fully saturated rings. The van der Waals surface area contributed by atoms with Gasteiger partial charge in [0.05, 0.1) is 20.4 Å². The highest BCUT2D eigenvalue weighted by Crippen LogP contribution is 2.33. The van der Waals surface area contributed by atoms with Gasteiger partial charge in [-0.1, -0.05) is 13.8 Å². The highest BCUT2D eigenvalue weighted by Gasteiger charge is 2.33. The summed E-state index contributed by atoms with van der Waals surface area (Å²) in [6, 6.07) is 0. The van der Waals surface area contributed by atoms with Gasteiger partial charge >= 0.3 is 0 Å². The molecule has 0 amide bonds. The monoisotopic (exact) mass is 226 g/mol.